The van der Waals surface area contributed by atoms with Crippen LogP contribution in [-0.2, 0) is 16.1 Å². The molecule has 2 aromatic carbocycles. The number of allylic oxidation sites excluding steroid dienone is 1. The molecule has 0 spiro atoms. The molecule has 0 saturated heterocycles. The number of ether oxygens (including phenoxy) is 2. The van der Waals surface area contributed by atoms with Gasteiger partial charge in [0.05, 0.1) is 18.2 Å². The Hall–Kier alpha value is -2.86. The molecule has 2 aromatic rings. The molecule has 0 saturated carbocycles. The van der Waals surface area contributed by atoms with Gasteiger partial charge in [-0.15, -0.1) is 0 Å². The van der Waals surface area contributed by atoms with Gasteiger partial charge in [0.2, 0.25) is 0 Å². The number of hydrogen-bond donors (Lipinski definition) is 2. The minimum Gasteiger partial charge on any atom is -0.489 e. The lowest BCUT2D eigenvalue weighted by atomic mass is 9.95. The maximum atomic E-state index is 12.5. The summed E-state index contributed by atoms with van der Waals surface area (Å²) in [5.74, 6) is 0.363. The van der Waals surface area contributed by atoms with Crippen LogP contribution in [0.1, 0.15) is 31.0 Å². The first kappa shape index (κ1) is 18.9. The van der Waals surface area contributed by atoms with E-state index in [4.69, 9.17) is 21.7 Å². The van der Waals surface area contributed by atoms with Crippen LogP contribution in [0.25, 0.3) is 0 Å². The summed E-state index contributed by atoms with van der Waals surface area (Å²) in [4.78, 5) is 12.5. The van der Waals surface area contributed by atoms with Crippen molar-refractivity contribution in [2.75, 3.05) is 6.61 Å². The lowest BCUT2D eigenvalue weighted by Gasteiger charge is -2.30. The first-order valence-electron chi connectivity index (χ1n) is 8.80. The zero-order chi connectivity index (χ0) is 19.2. The van der Waals surface area contributed by atoms with E-state index in [9.17, 15) is 4.79 Å². The number of nitrogens with one attached hydrogen (secondary N) is 2. The number of thiocarbonyl (C=S) groups is 1. The van der Waals surface area contributed by atoms with Crippen molar-refractivity contribution in [2.45, 2.75) is 26.5 Å². The van der Waals surface area contributed by atoms with Crippen LogP contribution in [0.3, 0.4) is 0 Å². The highest BCUT2D eigenvalue weighted by molar-refractivity contribution is 7.80. The minimum atomic E-state index is -0.391. The van der Waals surface area contributed by atoms with Crippen molar-refractivity contribution in [2.24, 2.45) is 0 Å². The maximum absolute atomic E-state index is 12.5. The Kier molecular flexibility index (Phi) is 6.08. The van der Waals surface area contributed by atoms with E-state index >= 15 is 0 Å². The van der Waals surface area contributed by atoms with Gasteiger partial charge in [0.1, 0.15) is 12.4 Å². The number of carbonyl (C=O) groups excluding carboxylic acids is 1. The number of benzene rings is 2. The second-order valence-corrected chi connectivity index (χ2v) is 6.55. The van der Waals surface area contributed by atoms with Crippen molar-refractivity contribution in [3.8, 4) is 5.75 Å². The molecule has 0 amide bonds. The molecule has 0 aromatic heterocycles. The molecule has 27 heavy (non-hydrogen) atoms. The van der Waals surface area contributed by atoms with E-state index in [-0.39, 0.29) is 5.97 Å². The Bertz CT molecular complexity index is 865. The van der Waals surface area contributed by atoms with E-state index in [1.807, 2.05) is 61.5 Å². The molecule has 1 aliphatic heterocycles. The number of carbonyl (C=O) groups is 1. The fraction of sp³-hybridized carbons (Fsp3) is 0.238. The highest BCUT2D eigenvalue weighted by Crippen LogP contribution is 2.30. The zero-order valence-corrected chi connectivity index (χ0v) is 16.1. The van der Waals surface area contributed by atoms with Gasteiger partial charge in [0, 0.05) is 5.70 Å². The monoisotopic (exact) mass is 382 g/mol. The van der Waals surface area contributed by atoms with Gasteiger partial charge in [0.15, 0.2) is 5.11 Å². The largest absolute Gasteiger partial charge is 0.489 e. The summed E-state index contributed by atoms with van der Waals surface area (Å²) in [6.07, 6.45) is 0. The van der Waals surface area contributed by atoms with E-state index in [1.165, 1.54) is 0 Å². The standard InChI is InChI=1S/C21H22N2O3S/c1-3-25-20(24)18-14(2)22-21(27)23-19(18)16-10-7-11-17(12-16)26-13-15-8-5-4-6-9-15/h4-12,19H,3,13H2,1-2H3,(H2,22,23,27)/t19-/m0/s1. The van der Waals surface area contributed by atoms with Gasteiger partial charge < -0.3 is 20.1 Å². The van der Waals surface area contributed by atoms with Crippen LogP contribution >= 0.6 is 12.2 Å². The second-order valence-electron chi connectivity index (χ2n) is 6.14. The SMILES string of the molecule is CCOC(=O)C1=C(C)NC(=S)N[C@H]1c1cccc(OCc2ccccc2)c1. The molecule has 1 heterocycles. The molecule has 140 valence electrons. The Balaban J connectivity index is 1.84. The molecule has 1 aliphatic rings. The lowest BCUT2D eigenvalue weighted by molar-refractivity contribution is -0.139. The Morgan fingerprint density at radius 2 is 1.93 bits per heavy atom. The number of rotatable bonds is 6. The predicted molar refractivity (Wildman–Crippen MR) is 108 cm³/mol. The molecule has 0 unspecified atom stereocenters. The molecule has 5 nitrogen and oxygen atoms in total. The van der Waals surface area contributed by atoms with Crippen LogP contribution in [0.15, 0.2) is 65.9 Å². The van der Waals surface area contributed by atoms with Gasteiger partial charge in [-0.2, -0.15) is 0 Å². The van der Waals surface area contributed by atoms with Gasteiger partial charge in [0.25, 0.3) is 0 Å². The van der Waals surface area contributed by atoms with E-state index in [1.54, 1.807) is 6.92 Å². The third-order valence-electron chi connectivity index (χ3n) is 4.20. The Labute approximate surface area is 164 Å². The fourth-order valence-corrected chi connectivity index (χ4v) is 3.22. The van der Waals surface area contributed by atoms with E-state index < -0.39 is 6.04 Å². The summed E-state index contributed by atoms with van der Waals surface area (Å²) in [5.41, 5.74) is 3.18. The summed E-state index contributed by atoms with van der Waals surface area (Å²) < 4.78 is 11.1. The molecule has 2 N–H and O–H groups in total. The third kappa shape index (κ3) is 4.65. The van der Waals surface area contributed by atoms with E-state index in [0.717, 1.165) is 16.9 Å². The van der Waals surface area contributed by atoms with Crippen LogP contribution < -0.4 is 15.4 Å². The van der Waals surface area contributed by atoms with Crippen molar-refractivity contribution in [1.82, 2.24) is 10.6 Å². The van der Waals surface area contributed by atoms with Gasteiger partial charge in [-0.05, 0) is 49.3 Å². The molecular weight excluding hydrogens is 360 g/mol. The molecular formula is C21H22N2O3S. The molecule has 3 rings (SSSR count). The van der Waals surface area contributed by atoms with Gasteiger partial charge in [-0.1, -0.05) is 42.5 Å². The van der Waals surface area contributed by atoms with Crippen LogP contribution in [0, 0.1) is 0 Å². The van der Waals surface area contributed by atoms with Crippen molar-refractivity contribution in [3.63, 3.8) is 0 Å². The summed E-state index contributed by atoms with van der Waals surface area (Å²) in [5, 5.41) is 6.63. The van der Waals surface area contributed by atoms with Gasteiger partial charge in [-0.25, -0.2) is 4.79 Å². The summed E-state index contributed by atoms with van der Waals surface area (Å²) >= 11 is 5.27. The van der Waals surface area contributed by atoms with Crippen molar-refractivity contribution in [3.05, 3.63) is 77.0 Å². The average Bonchev–Trinajstić information content (AvgIpc) is 2.67. The van der Waals surface area contributed by atoms with Crippen LogP contribution in [0.5, 0.6) is 5.75 Å². The van der Waals surface area contributed by atoms with E-state index in [2.05, 4.69) is 10.6 Å². The van der Waals surface area contributed by atoms with Crippen LogP contribution in [0.2, 0.25) is 0 Å². The smallest absolute Gasteiger partial charge is 0.338 e. The molecule has 0 radical (unpaired) electrons. The highest BCUT2D eigenvalue weighted by atomic mass is 32.1. The molecule has 0 fully saturated rings. The maximum Gasteiger partial charge on any atom is 0.338 e. The molecule has 0 aliphatic carbocycles. The first-order chi connectivity index (χ1) is 13.1. The average molecular weight is 382 g/mol. The quantitative estimate of drug-likeness (QED) is 0.588. The van der Waals surface area contributed by atoms with Crippen molar-refractivity contribution in [1.29, 1.82) is 0 Å². The normalized spacial score (nSPS) is 16.4. The summed E-state index contributed by atoms with van der Waals surface area (Å²) in [7, 11) is 0. The highest BCUT2D eigenvalue weighted by Gasteiger charge is 2.31. The number of hydrogen-bond acceptors (Lipinski definition) is 4. The summed E-state index contributed by atoms with van der Waals surface area (Å²) in [6, 6.07) is 17.2. The lowest BCUT2D eigenvalue weighted by Crippen LogP contribution is -2.45. The molecule has 6 heteroatoms. The fourth-order valence-electron chi connectivity index (χ4n) is 2.95. The zero-order valence-electron chi connectivity index (χ0n) is 15.3. The molecule has 1 atom stereocenters. The van der Waals surface area contributed by atoms with Crippen LogP contribution in [-0.4, -0.2) is 17.7 Å². The summed E-state index contributed by atoms with van der Waals surface area (Å²) in [6.45, 7) is 4.40. The van der Waals surface area contributed by atoms with E-state index in [0.29, 0.717) is 29.6 Å². The third-order valence-corrected chi connectivity index (χ3v) is 4.42. The minimum absolute atomic E-state index is 0.313. The first-order valence-corrected chi connectivity index (χ1v) is 9.21. The van der Waals surface area contributed by atoms with Crippen LogP contribution in [0.4, 0.5) is 0 Å². The Morgan fingerprint density at radius 3 is 2.67 bits per heavy atom. The van der Waals surface area contributed by atoms with Gasteiger partial charge >= 0.3 is 5.97 Å². The predicted octanol–water partition coefficient (Wildman–Crippen LogP) is 3.62. The Morgan fingerprint density at radius 1 is 1.15 bits per heavy atom. The second kappa shape index (κ2) is 8.68. The topological polar surface area (TPSA) is 59.6 Å². The van der Waals surface area contributed by atoms with Gasteiger partial charge in [-0.3, -0.25) is 0 Å². The van der Waals surface area contributed by atoms with Crippen molar-refractivity contribution < 1.29 is 14.3 Å². The number of esters is 1. The van der Waals surface area contributed by atoms with Crippen molar-refractivity contribution >= 4 is 23.3 Å². The molecule has 0 bridgehead atoms.